The van der Waals surface area contributed by atoms with Crippen LogP contribution in [0.25, 0.3) is 0 Å². The molecular weight excluding hydrogens is 219 g/mol. The molecule has 3 nitrogen and oxygen atoms in total. The van der Waals surface area contributed by atoms with Crippen LogP contribution in [0, 0.1) is 5.82 Å². The van der Waals surface area contributed by atoms with E-state index < -0.39 is 0 Å². The van der Waals surface area contributed by atoms with Crippen LogP contribution in [-0.4, -0.2) is 15.6 Å². The molecule has 0 saturated carbocycles. The summed E-state index contributed by atoms with van der Waals surface area (Å²) in [6, 6.07) is 7.81. The van der Waals surface area contributed by atoms with Crippen molar-refractivity contribution in [2.75, 3.05) is 0 Å². The summed E-state index contributed by atoms with van der Waals surface area (Å²) < 4.78 is 14.3. The third-order valence-electron chi connectivity index (χ3n) is 2.46. The SMILES string of the molecule is Cn1ccc(CC(=O)Cc2ccc(F)cc2)n1. The lowest BCUT2D eigenvalue weighted by atomic mass is 10.1. The average molecular weight is 232 g/mol. The van der Waals surface area contributed by atoms with Gasteiger partial charge < -0.3 is 0 Å². The van der Waals surface area contributed by atoms with Crippen LogP contribution in [-0.2, 0) is 24.7 Å². The maximum absolute atomic E-state index is 12.7. The van der Waals surface area contributed by atoms with Gasteiger partial charge in [0.1, 0.15) is 11.6 Å². The summed E-state index contributed by atoms with van der Waals surface area (Å²) in [5, 5.41) is 4.14. The second-order valence-corrected chi connectivity index (χ2v) is 4.00. The highest BCUT2D eigenvalue weighted by Gasteiger charge is 2.07. The van der Waals surface area contributed by atoms with Gasteiger partial charge in [-0.3, -0.25) is 9.48 Å². The van der Waals surface area contributed by atoms with Gasteiger partial charge in [0.05, 0.1) is 12.1 Å². The predicted octanol–water partition coefficient (Wildman–Crippen LogP) is 1.91. The molecule has 1 aromatic heterocycles. The second-order valence-electron chi connectivity index (χ2n) is 4.00. The topological polar surface area (TPSA) is 34.9 Å². The molecular formula is C13H13FN2O. The first-order valence-electron chi connectivity index (χ1n) is 5.38. The minimum atomic E-state index is -0.286. The third kappa shape index (κ3) is 3.24. The molecule has 2 rings (SSSR count). The Labute approximate surface area is 98.9 Å². The first-order valence-corrected chi connectivity index (χ1v) is 5.38. The summed E-state index contributed by atoms with van der Waals surface area (Å²) in [7, 11) is 1.81. The van der Waals surface area contributed by atoms with E-state index >= 15 is 0 Å². The number of carbonyl (C=O) groups is 1. The number of carbonyl (C=O) groups excluding carboxylic acids is 1. The van der Waals surface area contributed by atoms with Crippen LogP contribution in [0.1, 0.15) is 11.3 Å². The van der Waals surface area contributed by atoms with Crippen molar-refractivity contribution in [1.82, 2.24) is 9.78 Å². The standard InChI is InChI=1S/C13H13FN2O/c1-16-7-6-12(15-16)9-13(17)8-10-2-4-11(14)5-3-10/h2-7H,8-9H2,1H3. The fourth-order valence-electron chi connectivity index (χ4n) is 1.65. The molecule has 4 heteroatoms. The van der Waals surface area contributed by atoms with Gasteiger partial charge in [-0.1, -0.05) is 12.1 Å². The lowest BCUT2D eigenvalue weighted by Crippen LogP contribution is -2.07. The van der Waals surface area contributed by atoms with E-state index in [0.717, 1.165) is 11.3 Å². The van der Waals surface area contributed by atoms with Gasteiger partial charge in [0.2, 0.25) is 0 Å². The molecule has 0 unspecified atom stereocenters. The highest BCUT2D eigenvalue weighted by Crippen LogP contribution is 2.06. The molecule has 0 N–H and O–H groups in total. The lowest BCUT2D eigenvalue weighted by molar-refractivity contribution is -0.117. The highest BCUT2D eigenvalue weighted by molar-refractivity contribution is 5.82. The first kappa shape index (κ1) is 11.5. The van der Waals surface area contributed by atoms with Crippen molar-refractivity contribution in [2.24, 2.45) is 7.05 Å². The van der Waals surface area contributed by atoms with Crippen molar-refractivity contribution in [3.05, 3.63) is 53.6 Å². The molecule has 0 amide bonds. The van der Waals surface area contributed by atoms with Gasteiger partial charge in [0.25, 0.3) is 0 Å². The van der Waals surface area contributed by atoms with Crippen molar-refractivity contribution in [3.63, 3.8) is 0 Å². The van der Waals surface area contributed by atoms with Crippen molar-refractivity contribution in [3.8, 4) is 0 Å². The molecule has 0 atom stereocenters. The Morgan fingerprint density at radius 3 is 2.53 bits per heavy atom. The van der Waals surface area contributed by atoms with Gasteiger partial charge in [-0.05, 0) is 23.8 Å². The van der Waals surface area contributed by atoms with E-state index in [4.69, 9.17) is 0 Å². The Bertz CT molecular complexity index is 516. The van der Waals surface area contributed by atoms with E-state index in [-0.39, 0.29) is 11.6 Å². The molecule has 0 fully saturated rings. The van der Waals surface area contributed by atoms with E-state index in [9.17, 15) is 9.18 Å². The number of aromatic nitrogens is 2. The Kier molecular flexibility index (Phi) is 3.32. The van der Waals surface area contributed by atoms with Crippen molar-refractivity contribution >= 4 is 5.78 Å². The van der Waals surface area contributed by atoms with Gasteiger partial charge >= 0.3 is 0 Å². The molecule has 2 aromatic rings. The molecule has 0 saturated heterocycles. The zero-order valence-electron chi connectivity index (χ0n) is 9.56. The van der Waals surface area contributed by atoms with Crippen LogP contribution in [0.3, 0.4) is 0 Å². The van der Waals surface area contributed by atoms with E-state index in [1.54, 1.807) is 23.0 Å². The Morgan fingerprint density at radius 1 is 1.24 bits per heavy atom. The summed E-state index contributed by atoms with van der Waals surface area (Å²) in [6.45, 7) is 0. The number of Topliss-reactive ketones (excluding diaryl/α,β-unsaturated/α-hetero) is 1. The number of benzene rings is 1. The molecule has 0 aliphatic carbocycles. The molecule has 0 spiro atoms. The van der Waals surface area contributed by atoms with E-state index in [0.29, 0.717) is 12.8 Å². The van der Waals surface area contributed by atoms with Gasteiger partial charge in [-0.15, -0.1) is 0 Å². The van der Waals surface area contributed by atoms with E-state index in [1.165, 1.54) is 12.1 Å². The largest absolute Gasteiger partial charge is 0.299 e. The second kappa shape index (κ2) is 4.91. The van der Waals surface area contributed by atoms with Crippen molar-refractivity contribution in [2.45, 2.75) is 12.8 Å². The monoisotopic (exact) mass is 232 g/mol. The van der Waals surface area contributed by atoms with Crippen molar-refractivity contribution < 1.29 is 9.18 Å². The van der Waals surface area contributed by atoms with Gasteiger partial charge in [0, 0.05) is 19.7 Å². The summed E-state index contributed by atoms with van der Waals surface area (Å²) in [4.78, 5) is 11.7. The van der Waals surface area contributed by atoms with Gasteiger partial charge in [0.15, 0.2) is 0 Å². The lowest BCUT2D eigenvalue weighted by Gasteiger charge is -1.99. The highest BCUT2D eigenvalue weighted by atomic mass is 19.1. The smallest absolute Gasteiger partial charge is 0.143 e. The molecule has 17 heavy (non-hydrogen) atoms. The number of halogens is 1. The molecule has 1 heterocycles. The van der Waals surface area contributed by atoms with Crippen molar-refractivity contribution in [1.29, 1.82) is 0 Å². The van der Waals surface area contributed by atoms with Gasteiger partial charge in [-0.25, -0.2) is 4.39 Å². The van der Waals surface area contributed by atoms with Crippen LogP contribution < -0.4 is 0 Å². The van der Waals surface area contributed by atoms with E-state index in [1.807, 2.05) is 13.1 Å². The Morgan fingerprint density at radius 2 is 1.94 bits per heavy atom. The number of ketones is 1. The molecule has 88 valence electrons. The zero-order valence-corrected chi connectivity index (χ0v) is 9.56. The van der Waals surface area contributed by atoms with Crippen LogP contribution in [0.4, 0.5) is 4.39 Å². The van der Waals surface area contributed by atoms with Gasteiger partial charge in [-0.2, -0.15) is 5.10 Å². The summed E-state index contributed by atoms with van der Waals surface area (Å²) in [6.07, 6.45) is 2.44. The molecule has 0 aliphatic rings. The normalized spacial score (nSPS) is 10.5. The minimum Gasteiger partial charge on any atom is -0.299 e. The Balaban J connectivity index is 1.95. The van der Waals surface area contributed by atoms with Crippen LogP contribution in [0.2, 0.25) is 0 Å². The van der Waals surface area contributed by atoms with Crippen LogP contribution in [0.5, 0.6) is 0 Å². The van der Waals surface area contributed by atoms with E-state index in [2.05, 4.69) is 5.10 Å². The number of aryl methyl sites for hydroxylation is 1. The summed E-state index contributed by atoms with van der Waals surface area (Å²) in [5.74, 6) is -0.207. The Hall–Kier alpha value is -1.97. The summed E-state index contributed by atoms with van der Waals surface area (Å²) >= 11 is 0. The zero-order chi connectivity index (χ0) is 12.3. The third-order valence-corrected chi connectivity index (χ3v) is 2.46. The number of nitrogens with zero attached hydrogens (tertiary/aromatic N) is 2. The predicted molar refractivity (Wildman–Crippen MR) is 62.0 cm³/mol. The maximum atomic E-state index is 12.7. The summed E-state index contributed by atoms with van der Waals surface area (Å²) in [5.41, 5.74) is 1.59. The molecule has 1 aromatic carbocycles. The first-order chi connectivity index (χ1) is 8.13. The number of hydrogen-bond donors (Lipinski definition) is 0. The maximum Gasteiger partial charge on any atom is 0.143 e. The fraction of sp³-hybridized carbons (Fsp3) is 0.231. The van der Waals surface area contributed by atoms with Crippen LogP contribution >= 0.6 is 0 Å². The number of rotatable bonds is 4. The molecule has 0 radical (unpaired) electrons. The quantitative estimate of drug-likeness (QED) is 0.807. The minimum absolute atomic E-state index is 0.0790. The fourth-order valence-corrected chi connectivity index (χ4v) is 1.65. The molecule has 0 bridgehead atoms. The molecule has 0 aliphatic heterocycles. The average Bonchev–Trinajstić information content (AvgIpc) is 2.67. The number of hydrogen-bond acceptors (Lipinski definition) is 2. The van der Waals surface area contributed by atoms with Crippen LogP contribution in [0.15, 0.2) is 36.5 Å².